The molecule has 8 rings (SSSR count). The zero-order valence-electron chi connectivity index (χ0n) is 28.7. The first-order valence-electron chi connectivity index (χ1n) is 17.0. The lowest BCUT2D eigenvalue weighted by Crippen LogP contribution is -2.37. The molecule has 238 valence electrons. The van der Waals surface area contributed by atoms with Crippen LogP contribution < -0.4 is 5.19 Å². The van der Waals surface area contributed by atoms with E-state index in [2.05, 4.69) is 118 Å². The molecule has 49 heavy (non-hydrogen) atoms. The molecule has 1 aromatic heterocycles. The van der Waals surface area contributed by atoms with Crippen LogP contribution in [0, 0.1) is 0 Å². The van der Waals surface area contributed by atoms with Gasteiger partial charge in [-0.2, -0.15) is 0 Å². The second-order valence-corrected chi connectivity index (χ2v) is 19.7. The van der Waals surface area contributed by atoms with Crippen molar-refractivity contribution in [2.24, 2.45) is 0 Å². The molecule has 0 radical (unpaired) electrons. The highest BCUT2D eigenvalue weighted by Gasteiger charge is 2.35. The van der Waals surface area contributed by atoms with E-state index in [1.54, 1.807) is 0 Å². The van der Waals surface area contributed by atoms with Crippen molar-refractivity contribution in [1.82, 2.24) is 15.0 Å². The highest BCUT2D eigenvalue weighted by atomic mass is 28.3. The van der Waals surface area contributed by atoms with Gasteiger partial charge in [0.1, 0.15) is 0 Å². The number of hydrogen-bond acceptors (Lipinski definition) is 3. The van der Waals surface area contributed by atoms with E-state index in [0.29, 0.717) is 17.5 Å². The first-order chi connectivity index (χ1) is 23.6. The lowest BCUT2D eigenvalue weighted by molar-refractivity contribution is 0.660. The number of hydrogen-bond donors (Lipinski definition) is 0. The molecule has 1 aliphatic rings. The molecule has 0 N–H and O–H groups in total. The number of fused-ring (bicyclic) bond motifs is 3. The minimum absolute atomic E-state index is 0.0567. The summed E-state index contributed by atoms with van der Waals surface area (Å²) in [4.78, 5) is 14.7. The van der Waals surface area contributed by atoms with Crippen LogP contribution in [0.5, 0.6) is 0 Å². The third kappa shape index (κ3) is 5.72. The largest absolute Gasteiger partial charge is 0.208 e. The topological polar surface area (TPSA) is 38.7 Å². The summed E-state index contributed by atoms with van der Waals surface area (Å²) in [6.07, 6.45) is 0. The summed E-state index contributed by atoms with van der Waals surface area (Å²) in [6.45, 7) is 11.9. The Hall–Kier alpha value is -5.45. The van der Waals surface area contributed by atoms with Gasteiger partial charge in [-0.25, -0.2) is 15.0 Å². The Morgan fingerprint density at radius 2 is 0.735 bits per heavy atom. The summed E-state index contributed by atoms with van der Waals surface area (Å²) in [5.74, 6) is 1.99. The second-order valence-electron chi connectivity index (χ2n) is 14.6. The van der Waals surface area contributed by atoms with Crippen LogP contribution in [-0.4, -0.2) is 23.0 Å². The van der Waals surface area contributed by atoms with E-state index in [1.807, 2.05) is 60.7 Å². The average molecular weight is 650 g/mol. The highest BCUT2D eigenvalue weighted by Crippen LogP contribution is 2.50. The van der Waals surface area contributed by atoms with Gasteiger partial charge >= 0.3 is 0 Å². The van der Waals surface area contributed by atoms with Gasteiger partial charge in [0.15, 0.2) is 17.5 Å². The van der Waals surface area contributed by atoms with Gasteiger partial charge in [-0.15, -0.1) is 0 Å². The van der Waals surface area contributed by atoms with E-state index in [4.69, 9.17) is 15.0 Å². The normalized spacial score (nSPS) is 13.2. The maximum Gasteiger partial charge on any atom is 0.164 e. The van der Waals surface area contributed by atoms with Crippen LogP contribution in [0.3, 0.4) is 0 Å². The number of rotatable bonds is 6. The molecule has 0 saturated carbocycles. The molecule has 0 aliphatic heterocycles. The van der Waals surface area contributed by atoms with Crippen molar-refractivity contribution in [2.45, 2.75) is 38.9 Å². The molecule has 0 spiro atoms. The molecule has 7 aromatic rings. The minimum atomic E-state index is -1.35. The Bertz CT molecular complexity index is 2240. The molecular weight excluding hydrogens is 611 g/mol. The minimum Gasteiger partial charge on any atom is -0.208 e. The summed E-state index contributed by atoms with van der Waals surface area (Å²) in [5, 5.41) is 1.49. The van der Waals surface area contributed by atoms with Crippen LogP contribution in [0.2, 0.25) is 19.6 Å². The molecule has 0 fully saturated rings. The number of benzene rings is 6. The standard InChI is InChI=1S/C45H39N3Si/c1-45(2)40-26-22-35(28-38(40)39-29-36(23-27-41(39)45)31-20-24-37(25-21-31)49(3,4)5)30-16-18-34(19-17-30)44-47-42(32-12-8-6-9-13-32)46-43(48-44)33-14-10-7-11-15-33/h6-29H,1-5H3. The van der Waals surface area contributed by atoms with Crippen LogP contribution in [0.1, 0.15) is 25.0 Å². The zero-order valence-corrected chi connectivity index (χ0v) is 29.7. The van der Waals surface area contributed by atoms with E-state index < -0.39 is 8.07 Å². The smallest absolute Gasteiger partial charge is 0.164 e. The van der Waals surface area contributed by atoms with Gasteiger partial charge in [0, 0.05) is 22.1 Å². The molecule has 0 saturated heterocycles. The molecule has 4 heteroatoms. The van der Waals surface area contributed by atoms with E-state index >= 15 is 0 Å². The Balaban J connectivity index is 1.15. The summed E-state index contributed by atoms with van der Waals surface area (Å²) in [7, 11) is -1.35. The molecule has 0 bridgehead atoms. The fourth-order valence-corrected chi connectivity index (χ4v) is 8.21. The maximum atomic E-state index is 4.92. The summed E-state index contributed by atoms with van der Waals surface area (Å²) in [5.41, 5.74) is 13.1. The van der Waals surface area contributed by atoms with E-state index in [0.717, 1.165) is 22.3 Å². The van der Waals surface area contributed by atoms with Gasteiger partial charge in [-0.1, -0.05) is 172 Å². The van der Waals surface area contributed by atoms with Crippen molar-refractivity contribution in [1.29, 1.82) is 0 Å². The molecule has 0 atom stereocenters. The number of aromatic nitrogens is 3. The molecular formula is C45H39N3Si. The first-order valence-corrected chi connectivity index (χ1v) is 20.5. The van der Waals surface area contributed by atoms with Crippen molar-refractivity contribution >= 4 is 13.3 Å². The Morgan fingerprint density at radius 1 is 0.388 bits per heavy atom. The van der Waals surface area contributed by atoms with Gasteiger partial charge in [-0.05, 0) is 56.6 Å². The number of nitrogens with zero attached hydrogens (tertiary/aromatic N) is 3. The molecule has 1 heterocycles. The monoisotopic (exact) mass is 649 g/mol. The second kappa shape index (κ2) is 11.9. The van der Waals surface area contributed by atoms with Crippen molar-refractivity contribution in [3.05, 3.63) is 157 Å². The van der Waals surface area contributed by atoms with Gasteiger partial charge in [0.25, 0.3) is 0 Å². The third-order valence-corrected chi connectivity index (χ3v) is 12.0. The zero-order chi connectivity index (χ0) is 33.8. The van der Waals surface area contributed by atoms with E-state index in [9.17, 15) is 0 Å². The van der Waals surface area contributed by atoms with E-state index in [1.165, 1.54) is 44.1 Å². The van der Waals surface area contributed by atoms with Gasteiger partial charge in [0.2, 0.25) is 0 Å². The summed E-state index contributed by atoms with van der Waals surface area (Å²) in [6, 6.07) is 52.1. The Morgan fingerprint density at radius 3 is 1.14 bits per heavy atom. The molecule has 6 aromatic carbocycles. The quantitative estimate of drug-likeness (QED) is 0.168. The first kappa shape index (κ1) is 30.9. The van der Waals surface area contributed by atoms with Gasteiger partial charge < -0.3 is 0 Å². The summed E-state index contributed by atoms with van der Waals surface area (Å²) < 4.78 is 0. The Kier molecular flexibility index (Phi) is 7.50. The maximum absolute atomic E-state index is 4.92. The fraction of sp³-hybridized carbons (Fsp3) is 0.133. The lowest BCUT2D eigenvalue weighted by Gasteiger charge is -2.22. The SMILES string of the molecule is CC1(C)c2ccc(-c3ccc(-c4nc(-c5ccccc5)nc(-c5ccccc5)n4)cc3)cc2-c2cc(-c3ccc([Si](C)(C)C)cc3)ccc21. The van der Waals surface area contributed by atoms with Crippen molar-refractivity contribution < 1.29 is 0 Å². The molecule has 3 nitrogen and oxygen atoms in total. The van der Waals surface area contributed by atoms with Crippen LogP contribution in [0.25, 0.3) is 67.5 Å². The lowest BCUT2D eigenvalue weighted by atomic mass is 9.82. The van der Waals surface area contributed by atoms with Crippen molar-refractivity contribution in [3.63, 3.8) is 0 Å². The van der Waals surface area contributed by atoms with Gasteiger partial charge in [0.05, 0.1) is 8.07 Å². The van der Waals surface area contributed by atoms with Crippen LogP contribution in [0.4, 0.5) is 0 Å². The van der Waals surface area contributed by atoms with Crippen molar-refractivity contribution in [2.75, 3.05) is 0 Å². The molecule has 0 unspecified atom stereocenters. The Labute approximate surface area is 290 Å². The van der Waals surface area contributed by atoms with Gasteiger partial charge in [-0.3, -0.25) is 0 Å². The van der Waals surface area contributed by atoms with Crippen LogP contribution in [-0.2, 0) is 5.41 Å². The molecule has 1 aliphatic carbocycles. The summed E-state index contributed by atoms with van der Waals surface area (Å²) >= 11 is 0. The van der Waals surface area contributed by atoms with Crippen LogP contribution >= 0.6 is 0 Å². The molecule has 0 amide bonds. The fourth-order valence-electron chi connectivity index (χ4n) is 7.04. The predicted octanol–water partition coefficient (Wildman–Crippen LogP) is 11.1. The highest BCUT2D eigenvalue weighted by molar-refractivity contribution is 6.88. The van der Waals surface area contributed by atoms with E-state index in [-0.39, 0.29) is 5.41 Å². The third-order valence-electron chi connectivity index (χ3n) is 9.94. The predicted molar refractivity (Wildman–Crippen MR) is 208 cm³/mol. The average Bonchev–Trinajstić information content (AvgIpc) is 3.37. The van der Waals surface area contributed by atoms with Crippen LogP contribution in [0.15, 0.2) is 146 Å². The van der Waals surface area contributed by atoms with Crippen molar-refractivity contribution in [3.8, 4) is 67.5 Å².